The molecule has 1 aromatic carbocycles. The number of ether oxygens (including phenoxy) is 2. The summed E-state index contributed by atoms with van der Waals surface area (Å²) in [6.07, 6.45) is -1.26. The van der Waals surface area contributed by atoms with Gasteiger partial charge in [-0.2, -0.15) is 0 Å². The third kappa shape index (κ3) is 2.74. The molecule has 0 amide bonds. The van der Waals surface area contributed by atoms with Crippen molar-refractivity contribution in [1.82, 2.24) is 0 Å². The van der Waals surface area contributed by atoms with Crippen molar-refractivity contribution in [2.24, 2.45) is 5.73 Å². The van der Waals surface area contributed by atoms with Gasteiger partial charge in [0, 0.05) is 11.1 Å². The third-order valence-corrected chi connectivity index (χ3v) is 2.44. The van der Waals surface area contributed by atoms with Crippen molar-refractivity contribution < 1.29 is 18.7 Å². The zero-order chi connectivity index (χ0) is 13.0. The third-order valence-electron chi connectivity index (χ3n) is 2.44. The van der Waals surface area contributed by atoms with Gasteiger partial charge in [-0.3, -0.25) is 4.79 Å². The smallest absolute Gasteiger partial charge is 0.176 e. The summed E-state index contributed by atoms with van der Waals surface area (Å²) in [6, 6.07) is 2.95. The number of benzene rings is 1. The maximum atomic E-state index is 13.5. The van der Waals surface area contributed by atoms with E-state index in [0.717, 1.165) is 0 Å². The number of halogens is 1. The molecule has 0 radical (unpaired) electrons. The highest BCUT2D eigenvalue weighted by Crippen LogP contribution is 2.37. The fraction of sp³-hybridized carbons (Fsp3) is 0.417. The molecule has 0 aliphatic carbocycles. The lowest BCUT2D eigenvalue weighted by molar-refractivity contribution is 0.100. The molecule has 1 aromatic rings. The van der Waals surface area contributed by atoms with E-state index in [4.69, 9.17) is 15.2 Å². The molecule has 1 atom stereocenters. The lowest BCUT2D eigenvalue weighted by Crippen LogP contribution is -2.14. The van der Waals surface area contributed by atoms with Crippen molar-refractivity contribution >= 4 is 5.78 Å². The second-order valence-corrected chi connectivity index (χ2v) is 3.54. The molecule has 5 heteroatoms. The van der Waals surface area contributed by atoms with Gasteiger partial charge in [0.05, 0.1) is 20.8 Å². The van der Waals surface area contributed by atoms with Crippen molar-refractivity contribution in [3.8, 4) is 11.5 Å². The first-order valence-electron chi connectivity index (χ1n) is 5.18. The Labute approximate surface area is 99.5 Å². The van der Waals surface area contributed by atoms with E-state index in [1.54, 1.807) is 0 Å². The van der Waals surface area contributed by atoms with E-state index >= 15 is 0 Å². The van der Waals surface area contributed by atoms with Gasteiger partial charge < -0.3 is 15.2 Å². The number of hydrogen-bond donors (Lipinski definition) is 1. The first-order chi connectivity index (χ1) is 8.04. The van der Waals surface area contributed by atoms with Gasteiger partial charge in [0.1, 0.15) is 6.17 Å². The average molecular weight is 241 g/mol. The van der Waals surface area contributed by atoms with E-state index in [1.165, 1.54) is 33.3 Å². The van der Waals surface area contributed by atoms with Gasteiger partial charge in [-0.25, -0.2) is 4.39 Å². The van der Waals surface area contributed by atoms with Crippen LogP contribution in [0, 0.1) is 0 Å². The number of Topliss-reactive ketones (excluding diaryl/α,β-unsaturated/α-hetero) is 1. The van der Waals surface area contributed by atoms with E-state index < -0.39 is 6.17 Å². The molecule has 1 unspecified atom stereocenters. The molecule has 0 aromatic heterocycles. The number of alkyl halides is 1. The molecule has 0 spiro atoms. The van der Waals surface area contributed by atoms with E-state index in [1.807, 2.05) is 0 Å². The molecule has 17 heavy (non-hydrogen) atoms. The fourth-order valence-electron chi connectivity index (χ4n) is 1.57. The normalized spacial score (nSPS) is 12.1. The number of rotatable bonds is 5. The van der Waals surface area contributed by atoms with Crippen LogP contribution in [-0.4, -0.2) is 26.5 Å². The Balaban J connectivity index is 3.40. The standard InChI is InChI=1S/C12H16FNO3/c1-7(13)9-4-8(10(15)6-14)5-11(16-2)12(9)17-3/h4-5,7H,6,14H2,1-3H3. The second-order valence-electron chi connectivity index (χ2n) is 3.54. The van der Waals surface area contributed by atoms with Crippen LogP contribution in [0.5, 0.6) is 11.5 Å². The summed E-state index contributed by atoms with van der Waals surface area (Å²) in [4.78, 5) is 11.5. The lowest BCUT2D eigenvalue weighted by Gasteiger charge is -2.15. The predicted molar refractivity (Wildman–Crippen MR) is 62.5 cm³/mol. The number of carbonyl (C=O) groups excluding carboxylic acids is 1. The zero-order valence-corrected chi connectivity index (χ0v) is 10.1. The van der Waals surface area contributed by atoms with Crippen molar-refractivity contribution in [3.63, 3.8) is 0 Å². The summed E-state index contributed by atoms with van der Waals surface area (Å²) in [5, 5.41) is 0. The highest BCUT2D eigenvalue weighted by molar-refractivity contribution is 5.98. The van der Waals surface area contributed by atoms with Crippen LogP contribution in [-0.2, 0) is 0 Å². The van der Waals surface area contributed by atoms with Crippen LogP contribution in [0.1, 0.15) is 29.0 Å². The number of nitrogens with two attached hydrogens (primary N) is 1. The highest BCUT2D eigenvalue weighted by atomic mass is 19.1. The van der Waals surface area contributed by atoms with Crippen LogP contribution < -0.4 is 15.2 Å². The summed E-state index contributed by atoms with van der Waals surface area (Å²) in [6.45, 7) is 1.24. The maximum absolute atomic E-state index is 13.5. The van der Waals surface area contributed by atoms with Gasteiger partial charge in [-0.05, 0) is 19.1 Å². The predicted octanol–water partition coefficient (Wildman–Crippen LogP) is 1.88. The maximum Gasteiger partial charge on any atom is 0.176 e. The molecule has 1 rings (SSSR count). The minimum absolute atomic E-state index is 0.129. The number of methoxy groups -OCH3 is 2. The monoisotopic (exact) mass is 241 g/mol. The molecule has 0 saturated carbocycles. The summed E-state index contributed by atoms with van der Waals surface area (Å²) in [5.74, 6) is 0.357. The Morgan fingerprint density at radius 2 is 2.06 bits per heavy atom. The van der Waals surface area contributed by atoms with Gasteiger partial charge in [0.25, 0.3) is 0 Å². The van der Waals surface area contributed by atoms with E-state index in [0.29, 0.717) is 17.1 Å². The molecular formula is C12H16FNO3. The molecule has 0 fully saturated rings. The van der Waals surface area contributed by atoms with Gasteiger partial charge >= 0.3 is 0 Å². The molecule has 94 valence electrons. The van der Waals surface area contributed by atoms with Crippen molar-refractivity contribution in [1.29, 1.82) is 0 Å². The minimum atomic E-state index is -1.26. The molecule has 0 bridgehead atoms. The topological polar surface area (TPSA) is 61.5 Å². The molecule has 0 aliphatic heterocycles. The number of hydrogen-bond acceptors (Lipinski definition) is 4. The molecule has 0 saturated heterocycles. The molecule has 0 heterocycles. The van der Waals surface area contributed by atoms with Gasteiger partial charge in [0.2, 0.25) is 0 Å². The Hall–Kier alpha value is -1.62. The van der Waals surface area contributed by atoms with Crippen LogP contribution in [0.2, 0.25) is 0 Å². The Bertz CT molecular complexity index is 418. The number of carbonyl (C=O) groups is 1. The Morgan fingerprint density at radius 3 is 2.47 bits per heavy atom. The molecule has 2 N–H and O–H groups in total. The second kappa shape index (κ2) is 5.63. The fourth-order valence-corrected chi connectivity index (χ4v) is 1.57. The van der Waals surface area contributed by atoms with E-state index in [-0.39, 0.29) is 17.9 Å². The van der Waals surface area contributed by atoms with E-state index in [2.05, 4.69) is 0 Å². The lowest BCUT2D eigenvalue weighted by atomic mass is 10.0. The first kappa shape index (κ1) is 13.4. The van der Waals surface area contributed by atoms with E-state index in [9.17, 15) is 9.18 Å². The van der Waals surface area contributed by atoms with Crippen molar-refractivity contribution in [2.45, 2.75) is 13.1 Å². The Kier molecular flexibility index (Phi) is 4.45. The minimum Gasteiger partial charge on any atom is -0.493 e. The van der Waals surface area contributed by atoms with Crippen LogP contribution in [0.4, 0.5) is 4.39 Å². The van der Waals surface area contributed by atoms with Gasteiger partial charge in [0.15, 0.2) is 17.3 Å². The first-order valence-corrected chi connectivity index (χ1v) is 5.18. The zero-order valence-electron chi connectivity index (χ0n) is 10.1. The summed E-state index contributed by atoms with van der Waals surface area (Å²) in [5.41, 5.74) is 5.88. The van der Waals surface area contributed by atoms with Crippen molar-refractivity contribution in [2.75, 3.05) is 20.8 Å². The molecule has 4 nitrogen and oxygen atoms in total. The summed E-state index contributed by atoms with van der Waals surface area (Å²) < 4.78 is 23.6. The Morgan fingerprint density at radius 1 is 1.41 bits per heavy atom. The average Bonchev–Trinajstić information content (AvgIpc) is 2.35. The number of ketones is 1. The van der Waals surface area contributed by atoms with Crippen LogP contribution in [0.15, 0.2) is 12.1 Å². The highest BCUT2D eigenvalue weighted by Gasteiger charge is 2.19. The van der Waals surface area contributed by atoms with Gasteiger partial charge in [-0.15, -0.1) is 0 Å². The largest absolute Gasteiger partial charge is 0.493 e. The van der Waals surface area contributed by atoms with Crippen LogP contribution in [0.25, 0.3) is 0 Å². The SMILES string of the molecule is COc1cc(C(=O)CN)cc(C(C)F)c1OC. The molecular weight excluding hydrogens is 225 g/mol. The summed E-state index contributed by atoms with van der Waals surface area (Å²) in [7, 11) is 2.86. The quantitative estimate of drug-likeness (QED) is 0.799. The van der Waals surface area contributed by atoms with Crippen LogP contribution in [0.3, 0.4) is 0 Å². The van der Waals surface area contributed by atoms with Gasteiger partial charge in [-0.1, -0.05) is 0 Å². The molecule has 0 aliphatic rings. The summed E-state index contributed by atoms with van der Waals surface area (Å²) >= 11 is 0. The van der Waals surface area contributed by atoms with Crippen LogP contribution >= 0.6 is 0 Å². The van der Waals surface area contributed by atoms with Crippen molar-refractivity contribution in [3.05, 3.63) is 23.3 Å².